The van der Waals surface area contributed by atoms with Crippen LogP contribution < -0.4 is 5.32 Å². The molecule has 0 bridgehead atoms. The Bertz CT molecular complexity index is 753. The molecule has 2 amide bonds. The molecule has 126 valence electrons. The van der Waals surface area contributed by atoms with Gasteiger partial charge in [-0.2, -0.15) is 13.2 Å². The lowest BCUT2D eigenvalue weighted by Crippen LogP contribution is -2.54. The van der Waals surface area contributed by atoms with Gasteiger partial charge in [0.15, 0.2) is 0 Å². The Morgan fingerprint density at radius 2 is 1.92 bits per heavy atom. The van der Waals surface area contributed by atoms with E-state index in [-0.39, 0.29) is 30.6 Å². The number of anilines is 1. The van der Waals surface area contributed by atoms with Gasteiger partial charge in [0, 0.05) is 18.8 Å². The van der Waals surface area contributed by atoms with Crippen LogP contribution in [0.2, 0.25) is 0 Å². The summed E-state index contributed by atoms with van der Waals surface area (Å²) >= 11 is 1.33. The van der Waals surface area contributed by atoms with Crippen LogP contribution in [0.15, 0.2) is 41.8 Å². The SMILES string of the molecule is O=C(Nc1cccc(C(F)(F)F)c1)C1CN(C(=O)c2cccs2)C1. The second kappa shape index (κ2) is 6.27. The molecule has 0 atom stereocenters. The second-order valence-electron chi connectivity index (χ2n) is 5.45. The summed E-state index contributed by atoms with van der Waals surface area (Å²) < 4.78 is 38.0. The van der Waals surface area contributed by atoms with E-state index >= 15 is 0 Å². The number of hydrogen-bond acceptors (Lipinski definition) is 3. The minimum atomic E-state index is -4.46. The van der Waals surface area contributed by atoms with E-state index in [4.69, 9.17) is 0 Å². The Morgan fingerprint density at radius 1 is 1.17 bits per heavy atom. The van der Waals surface area contributed by atoms with Gasteiger partial charge < -0.3 is 10.2 Å². The molecule has 1 N–H and O–H groups in total. The van der Waals surface area contributed by atoms with Gasteiger partial charge in [0.05, 0.1) is 16.4 Å². The van der Waals surface area contributed by atoms with Crippen LogP contribution in [-0.2, 0) is 11.0 Å². The van der Waals surface area contributed by atoms with E-state index in [1.807, 2.05) is 0 Å². The van der Waals surface area contributed by atoms with Crippen molar-refractivity contribution < 1.29 is 22.8 Å². The molecular weight excluding hydrogens is 341 g/mol. The van der Waals surface area contributed by atoms with Gasteiger partial charge in [-0.15, -0.1) is 11.3 Å². The van der Waals surface area contributed by atoms with Gasteiger partial charge in [0.1, 0.15) is 0 Å². The minimum absolute atomic E-state index is 0.0952. The maximum Gasteiger partial charge on any atom is 0.416 e. The van der Waals surface area contributed by atoms with Gasteiger partial charge in [-0.25, -0.2) is 0 Å². The molecule has 3 rings (SSSR count). The highest BCUT2D eigenvalue weighted by Crippen LogP contribution is 2.31. The van der Waals surface area contributed by atoms with Crippen molar-refractivity contribution in [1.82, 2.24) is 4.90 Å². The molecule has 1 fully saturated rings. The van der Waals surface area contributed by atoms with E-state index in [1.54, 1.807) is 22.4 Å². The van der Waals surface area contributed by atoms with E-state index in [0.717, 1.165) is 12.1 Å². The number of amides is 2. The summed E-state index contributed by atoms with van der Waals surface area (Å²) in [7, 11) is 0. The van der Waals surface area contributed by atoms with Crippen molar-refractivity contribution in [1.29, 1.82) is 0 Å². The van der Waals surface area contributed by atoms with Crippen LogP contribution in [-0.4, -0.2) is 29.8 Å². The molecule has 0 aliphatic carbocycles. The summed E-state index contributed by atoms with van der Waals surface area (Å²) in [5, 5.41) is 4.27. The fraction of sp³-hybridized carbons (Fsp3) is 0.250. The Morgan fingerprint density at radius 3 is 2.54 bits per heavy atom. The van der Waals surface area contributed by atoms with E-state index < -0.39 is 17.7 Å². The number of rotatable bonds is 3. The topological polar surface area (TPSA) is 49.4 Å². The van der Waals surface area contributed by atoms with E-state index in [2.05, 4.69) is 5.32 Å². The average molecular weight is 354 g/mol. The Hall–Kier alpha value is -2.35. The number of nitrogens with zero attached hydrogens (tertiary/aromatic N) is 1. The predicted octanol–water partition coefficient (Wildman–Crippen LogP) is 3.48. The van der Waals surface area contributed by atoms with Crippen LogP contribution in [0, 0.1) is 5.92 Å². The highest BCUT2D eigenvalue weighted by Gasteiger charge is 2.36. The lowest BCUT2D eigenvalue weighted by Gasteiger charge is -2.37. The number of halogens is 3. The molecule has 0 saturated carbocycles. The third kappa shape index (κ3) is 3.43. The predicted molar refractivity (Wildman–Crippen MR) is 83.8 cm³/mol. The number of carbonyl (C=O) groups is 2. The number of hydrogen-bond donors (Lipinski definition) is 1. The van der Waals surface area contributed by atoms with Gasteiger partial charge in [0.2, 0.25) is 5.91 Å². The van der Waals surface area contributed by atoms with Crippen molar-refractivity contribution in [2.24, 2.45) is 5.92 Å². The van der Waals surface area contributed by atoms with Gasteiger partial charge in [-0.05, 0) is 29.6 Å². The molecule has 4 nitrogen and oxygen atoms in total. The third-order valence-electron chi connectivity index (χ3n) is 3.73. The van der Waals surface area contributed by atoms with Crippen molar-refractivity contribution in [3.8, 4) is 0 Å². The summed E-state index contributed by atoms with van der Waals surface area (Å²) in [5.41, 5.74) is -0.721. The zero-order valence-corrected chi connectivity index (χ0v) is 13.2. The summed E-state index contributed by atoms with van der Waals surface area (Å²) in [5.74, 6) is -0.930. The standard InChI is InChI=1S/C16H13F3N2O2S/c17-16(18,19)11-3-1-4-12(7-11)20-14(22)10-8-21(9-10)15(23)13-5-2-6-24-13/h1-7,10H,8-9H2,(H,20,22). The van der Waals surface area contributed by atoms with Gasteiger partial charge >= 0.3 is 6.18 Å². The first-order valence-corrected chi connectivity index (χ1v) is 8.03. The highest BCUT2D eigenvalue weighted by molar-refractivity contribution is 7.12. The molecular formula is C16H13F3N2O2S. The van der Waals surface area contributed by atoms with Crippen LogP contribution in [0.25, 0.3) is 0 Å². The Kier molecular flexibility index (Phi) is 4.31. The summed E-state index contributed by atoms with van der Waals surface area (Å²) in [4.78, 5) is 26.3. The number of benzene rings is 1. The highest BCUT2D eigenvalue weighted by atomic mass is 32.1. The molecule has 1 aromatic heterocycles. The van der Waals surface area contributed by atoms with Crippen LogP contribution in [0.5, 0.6) is 0 Å². The molecule has 24 heavy (non-hydrogen) atoms. The minimum Gasteiger partial charge on any atom is -0.336 e. The normalized spacial score (nSPS) is 15.0. The maximum atomic E-state index is 12.7. The van der Waals surface area contributed by atoms with Crippen molar-refractivity contribution in [3.05, 3.63) is 52.2 Å². The zero-order chi connectivity index (χ0) is 17.3. The summed E-state index contributed by atoms with van der Waals surface area (Å²) in [6.07, 6.45) is -4.46. The monoisotopic (exact) mass is 354 g/mol. The number of alkyl halides is 3. The Labute approximate surface area is 139 Å². The first kappa shape index (κ1) is 16.5. The van der Waals surface area contributed by atoms with Crippen molar-refractivity contribution in [2.45, 2.75) is 6.18 Å². The number of carbonyl (C=O) groups excluding carboxylic acids is 2. The fourth-order valence-corrected chi connectivity index (χ4v) is 3.07. The molecule has 1 aliphatic heterocycles. The number of nitrogens with one attached hydrogen (secondary N) is 1. The smallest absolute Gasteiger partial charge is 0.336 e. The van der Waals surface area contributed by atoms with Crippen LogP contribution in [0.3, 0.4) is 0 Å². The van der Waals surface area contributed by atoms with E-state index in [0.29, 0.717) is 4.88 Å². The maximum absolute atomic E-state index is 12.7. The van der Waals surface area contributed by atoms with E-state index in [9.17, 15) is 22.8 Å². The van der Waals surface area contributed by atoms with Crippen LogP contribution in [0.4, 0.5) is 18.9 Å². The Balaban J connectivity index is 1.57. The zero-order valence-electron chi connectivity index (χ0n) is 12.3. The van der Waals surface area contributed by atoms with Crippen LogP contribution in [0.1, 0.15) is 15.2 Å². The lowest BCUT2D eigenvalue weighted by molar-refractivity contribution is -0.137. The third-order valence-corrected chi connectivity index (χ3v) is 4.59. The molecule has 1 aromatic carbocycles. The first-order chi connectivity index (χ1) is 11.3. The van der Waals surface area contributed by atoms with Gasteiger partial charge in [0.25, 0.3) is 5.91 Å². The summed E-state index contributed by atoms with van der Waals surface area (Å²) in [6.45, 7) is 0.531. The molecule has 2 heterocycles. The molecule has 1 aliphatic rings. The molecule has 0 radical (unpaired) electrons. The average Bonchev–Trinajstić information content (AvgIpc) is 2.99. The molecule has 8 heteroatoms. The van der Waals surface area contributed by atoms with E-state index in [1.165, 1.54) is 23.5 Å². The molecule has 0 spiro atoms. The number of likely N-dealkylation sites (tertiary alicyclic amines) is 1. The van der Waals surface area contributed by atoms with Crippen molar-refractivity contribution in [3.63, 3.8) is 0 Å². The van der Waals surface area contributed by atoms with Gasteiger partial charge in [-0.3, -0.25) is 9.59 Å². The second-order valence-corrected chi connectivity index (χ2v) is 6.40. The van der Waals surface area contributed by atoms with Crippen molar-refractivity contribution >= 4 is 28.8 Å². The molecule has 1 saturated heterocycles. The molecule has 0 unspecified atom stereocenters. The van der Waals surface area contributed by atoms with Crippen LogP contribution >= 0.6 is 11.3 Å². The lowest BCUT2D eigenvalue weighted by atomic mass is 9.98. The quantitative estimate of drug-likeness (QED) is 0.917. The van der Waals surface area contributed by atoms with Crippen molar-refractivity contribution in [2.75, 3.05) is 18.4 Å². The largest absolute Gasteiger partial charge is 0.416 e. The first-order valence-electron chi connectivity index (χ1n) is 7.15. The van der Waals surface area contributed by atoms with Gasteiger partial charge in [-0.1, -0.05) is 12.1 Å². The fourth-order valence-electron chi connectivity index (χ4n) is 2.38. The summed E-state index contributed by atoms with van der Waals surface area (Å²) in [6, 6.07) is 7.97. The number of thiophene rings is 1. The molecule has 2 aromatic rings.